The highest BCUT2D eigenvalue weighted by Gasteiger charge is 2.36. The molecule has 0 radical (unpaired) electrons. The van der Waals surface area contributed by atoms with Gasteiger partial charge in [0.2, 0.25) is 0 Å². The van der Waals surface area contributed by atoms with Crippen molar-refractivity contribution in [2.75, 3.05) is 0 Å². The third-order valence-electron chi connectivity index (χ3n) is 5.08. The number of hydrogen-bond acceptors (Lipinski definition) is 3. The van der Waals surface area contributed by atoms with Crippen LogP contribution in [0.3, 0.4) is 0 Å². The molecule has 2 heterocycles. The summed E-state index contributed by atoms with van der Waals surface area (Å²) in [4.78, 5) is 12.2. The summed E-state index contributed by atoms with van der Waals surface area (Å²) in [5.41, 5.74) is 4.36. The van der Waals surface area contributed by atoms with Gasteiger partial charge < -0.3 is 10.1 Å². The van der Waals surface area contributed by atoms with Gasteiger partial charge in [-0.3, -0.25) is 4.98 Å². The lowest BCUT2D eigenvalue weighted by Crippen LogP contribution is -2.29. The van der Waals surface area contributed by atoms with Gasteiger partial charge in [0.15, 0.2) is 0 Å². The van der Waals surface area contributed by atoms with Gasteiger partial charge in [-0.2, -0.15) is 0 Å². The van der Waals surface area contributed by atoms with Crippen LogP contribution in [0.1, 0.15) is 25.2 Å². The Morgan fingerprint density at radius 1 is 1.07 bits per heavy atom. The average Bonchev–Trinajstić information content (AvgIpc) is 3.17. The molecule has 0 aliphatic heterocycles. The van der Waals surface area contributed by atoms with Crippen molar-refractivity contribution in [2.45, 2.75) is 25.4 Å². The van der Waals surface area contributed by atoms with Crippen molar-refractivity contribution in [1.82, 2.24) is 15.0 Å². The maximum atomic E-state index is 10.4. The van der Waals surface area contributed by atoms with E-state index >= 15 is 0 Å². The second-order valence-corrected chi connectivity index (χ2v) is 7.44. The van der Waals surface area contributed by atoms with Crippen molar-refractivity contribution in [3.63, 3.8) is 0 Å². The van der Waals surface area contributed by atoms with E-state index < -0.39 is 11.5 Å². The van der Waals surface area contributed by atoms with Crippen molar-refractivity contribution in [3.05, 3.63) is 89.1 Å². The number of aliphatic hydroxyl groups excluding tert-OH is 1. The molecule has 136 valence electrons. The molecule has 4 rings (SSSR count). The first-order chi connectivity index (χ1) is 13.0. The molecule has 3 aromatic rings. The van der Waals surface area contributed by atoms with E-state index in [0.29, 0.717) is 5.02 Å². The van der Waals surface area contributed by atoms with E-state index in [9.17, 15) is 5.11 Å². The largest absolute Gasteiger partial charge is 0.385 e. The number of aliphatic hydroxyl groups is 1. The molecular formula is C22H20ClN3O. The lowest BCUT2D eigenvalue weighted by molar-refractivity contribution is 0.255. The molecule has 2 atom stereocenters. The smallest absolute Gasteiger partial charge is 0.120 e. The fourth-order valence-electron chi connectivity index (χ4n) is 3.57. The third-order valence-corrected chi connectivity index (χ3v) is 5.33. The van der Waals surface area contributed by atoms with Crippen LogP contribution < -0.4 is 0 Å². The molecule has 1 aliphatic rings. The van der Waals surface area contributed by atoms with Crippen molar-refractivity contribution < 1.29 is 5.11 Å². The number of hydrogen-bond donors (Lipinski definition) is 2. The van der Waals surface area contributed by atoms with E-state index in [1.165, 1.54) is 0 Å². The second-order valence-electron chi connectivity index (χ2n) is 7.00. The number of H-pyrrole nitrogens is 1. The summed E-state index contributed by atoms with van der Waals surface area (Å²) >= 11 is 6.06. The molecule has 2 unspecified atom stereocenters. The van der Waals surface area contributed by atoms with Gasteiger partial charge in [0.25, 0.3) is 0 Å². The second kappa shape index (κ2) is 6.80. The fourth-order valence-corrected chi connectivity index (χ4v) is 3.69. The van der Waals surface area contributed by atoms with Crippen LogP contribution in [-0.2, 0) is 5.41 Å². The predicted molar refractivity (Wildman–Crippen MR) is 108 cm³/mol. The maximum Gasteiger partial charge on any atom is 0.120 e. The molecule has 0 bridgehead atoms. The van der Waals surface area contributed by atoms with Crippen LogP contribution in [0.5, 0.6) is 0 Å². The molecule has 1 aromatic carbocycles. The highest BCUT2D eigenvalue weighted by Crippen LogP contribution is 2.43. The molecule has 5 heteroatoms. The molecule has 0 saturated carbocycles. The van der Waals surface area contributed by atoms with Gasteiger partial charge in [0, 0.05) is 23.0 Å². The monoisotopic (exact) mass is 377 g/mol. The summed E-state index contributed by atoms with van der Waals surface area (Å²) in [6.45, 7) is 4.04. The molecule has 1 aliphatic carbocycles. The molecule has 0 amide bonds. The fraction of sp³-hybridized carbons (Fsp3) is 0.182. The molecule has 4 nitrogen and oxygen atoms in total. The van der Waals surface area contributed by atoms with Crippen LogP contribution in [0.15, 0.2) is 72.7 Å². The lowest BCUT2D eigenvalue weighted by atomic mass is 9.72. The van der Waals surface area contributed by atoms with Gasteiger partial charge in [-0.15, -0.1) is 0 Å². The Bertz CT molecular complexity index is 1020. The molecule has 0 saturated heterocycles. The molecule has 2 N–H and O–H groups in total. The molecule has 0 spiro atoms. The summed E-state index contributed by atoms with van der Waals surface area (Å²) in [7, 11) is 0. The summed E-state index contributed by atoms with van der Waals surface area (Å²) in [5, 5.41) is 11.1. The number of imidazole rings is 1. The van der Waals surface area contributed by atoms with E-state index in [1.54, 1.807) is 12.4 Å². The van der Waals surface area contributed by atoms with Crippen LogP contribution in [0, 0.1) is 0 Å². The quantitative estimate of drug-likeness (QED) is 0.645. The Kier molecular flexibility index (Phi) is 4.46. The number of aromatic amines is 1. The van der Waals surface area contributed by atoms with Gasteiger partial charge in [0.1, 0.15) is 5.82 Å². The van der Waals surface area contributed by atoms with E-state index in [1.807, 2.05) is 55.6 Å². The zero-order chi connectivity index (χ0) is 19.0. The molecule has 0 fully saturated rings. The number of rotatable bonds is 3. The highest BCUT2D eigenvalue weighted by molar-refractivity contribution is 6.30. The van der Waals surface area contributed by atoms with Crippen LogP contribution in [-0.4, -0.2) is 26.2 Å². The van der Waals surface area contributed by atoms with Gasteiger partial charge >= 0.3 is 0 Å². The predicted octanol–water partition coefficient (Wildman–Crippen LogP) is 4.79. The van der Waals surface area contributed by atoms with E-state index in [2.05, 4.69) is 28.0 Å². The standard InChI is InChI=1S/C22H20ClN3O/c1-14-12-22(2,18(11-20(14)27)15-3-5-17(23)6-4-15)21-25-13-19(26-21)16-7-9-24-10-8-16/h3-13,20,27H,1-2H3,(H,25,26). The normalized spacial score (nSPS) is 22.3. The van der Waals surface area contributed by atoms with E-state index in [0.717, 1.165) is 33.8 Å². The molecular weight excluding hydrogens is 358 g/mol. The summed E-state index contributed by atoms with van der Waals surface area (Å²) in [5.74, 6) is 0.821. The number of allylic oxidation sites excluding steroid dienone is 2. The minimum Gasteiger partial charge on any atom is -0.385 e. The zero-order valence-electron chi connectivity index (χ0n) is 15.1. The first kappa shape index (κ1) is 17.7. The number of aromatic nitrogens is 3. The van der Waals surface area contributed by atoms with Crippen molar-refractivity contribution in [1.29, 1.82) is 0 Å². The maximum absolute atomic E-state index is 10.4. The van der Waals surface area contributed by atoms with Crippen molar-refractivity contribution in [3.8, 4) is 11.3 Å². The number of nitrogens with one attached hydrogen (secondary N) is 1. The SMILES string of the molecule is CC1=CC(C)(c2ncc(-c3ccncc3)[nH]2)C(c2ccc(Cl)cc2)=CC1O. The first-order valence-electron chi connectivity index (χ1n) is 8.79. The van der Waals surface area contributed by atoms with Gasteiger partial charge in [-0.05, 0) is 60.9 Å². The van der Waals surface area contributed by atoms with E-state index in [4.69, 9.17) is 11.6 Å². The number of halogens is 1. The number of benzene rings is 1. The van der Waals surface area contributed by atoms with Crippen molar-refractivity contribution >= 4 is 17.2 Å². The Labute approximate surface area is 163 Å². The van der Waals surface area contributed by atoms with E-state index in [-0.39, 0.29) is 0 Å². The summed E-state index contributed by atoms with van der Waals surface area (Å²) in [6.07, 6.45) is 8.72. The van der Waals surface area contributed by atoms with Gasteiger partial charge in [-0.1, -0.05) is 29.8 Å². The Morgan fingerprint density at radius 2 is 1.78 bits per heavy atom. The Hall–Kier alpha value is -2.69. The first-order valence-corrected chi connectivity index (χ1v) is 9.17. The van der Waals surface area contributed by atoms with Crippen LogP contribution in [0.25, 0.3) is 16.8 Å². The number of pyridine rings is 1. The molecule has 2 aromatic heterocycles. The van der Waals surface area contributed by atoms with Crippen LogP contribution in [0.4, 0.5) is 0 Å². The Balaban J connectivity index is 1.81. The summed E-state index contributed by atoms with van der Waals surface area (Å²) in [6, 6.07) is 11.6. The Morgan fingerprint density at radius 3 is 2.48 bits per heavy atom. The number of nitrogens with zero attached hydrogens (tertiary/aromatic N) is 2. The van der Waals surface area contributed by atoms with Crippen LogP contribution in [0.2, 0.25) is 5.02 Å². The minimum absolute atomic E-state index is 0.498. The topological polar surface area (TPSA) is 61.8 Å². The van der Waals surface area contributed by atoms with Gasteiger partial charge in [0.05, 0.1) is 23.4 Å². The van der Waals surface area contributed by atoms with Crippen LogP contribution >= 0.6 is 11.6 Å². The third kappa shape index (κ3) is 3.22. The van der Waals surface area contributed by atoms with Crippen molar-refractivity contribution in [2.24, 2.45) is 0 Å². The zero-order valence-corrected chi connectivity index (χ0v) is 15.9. The lowest BCUT2D eigenvalue weighted by Gasteiger charge is -2.33. The average molecular weight is 378 g/mol. The minimum atomic E-state index is -0.613. The van der Waals surface area contributed by atoms with Gasteiger partial charge in [-0.25, -0.2) is 4.98 Å². The molecule has 27 heavy (non-hydrogen) atoms. The summed E-state index contributed by atoms with van der Waals surface area (Å²) < 4.78 is 0. The highest BCUT2D eigenvalue weighted by atomic mass is 35.5.